The molecule has 3 N–H and O–H groups in total. The predicted molar refractivity (Wildman–Crippen MR) is 117 cm³/mol. The number of fused-ring (bicyclic) bond motifs is 1. The maximum absolute atomic E-state index is 13.4. The van der Waals surface area contributed by atoms with Crippen LogP contribution in [-0.4, -0.2) is 28.0 Å². The van der Waals surface area contributed by atoms with Gasteiger partial charge in [0.2, 0.25) is 0 Å². The molecular formula is C22H17ClF2N4O3. The van der Waals surface area contributed by atoms with Crippen molar-refractivity contribution in [1.29, 1.82) is 0 Å². The number of primary amides is 1. The third-order valence-electron chi connectivity index (χ3n) is 4.70. The van der Waals surface area contributed by atoms with Gasteiger partial charge in [-0.2, -0.15) is 0 Å². The minimum absolute atomic E-state index is 0. The van der Waals surface area contributed by atoms with E-state index in [1.165, 1.54) is 37.6 Å². The van der Waals surface area contributed by atoms with Gasteiger partial charge in [0.05, 0.1) is 29.3 Å². The van der Waals surface area contributed by atoms with Crippen molar-refractivity contribution >= 4 is 29.2 Å². The molecule has 0 aliphatic carbocycles. The van der Waals surface area contributed by atoms with Crippen LogP contribution in [0.1, 0.15) is 21.7 Å². The lowest BCUT2D eigenvalue weighted by atomic mass is 10.1. The van der Waals surface area contributed by atoms with Crippen molar-refractivity contribution in [2.75, 3.05) is 7.11 Å². The molecule has 7 nitrogen and oxygen atoms in total. The number of carbonyl (C=O) groups is 1. The predicted octanol–water partition coefficient (Wildman–Crippen LogP) is 3.38. The quantitative estimate of drug-likeness (QED) is 0.476. The zero-order valence-corrected chi connectivity index (χ0v) is 17.5. The molecule has 0 fully saturated rings. The van der Waals surface area contributed by atoms with E-state index in [0.717, 1.165) is 6.07 Å². The van der Waals surface area contributed by atoms with E-state index in [1.54, 1.807) is 12.1 Å². The number of amides is 1. The Balaban J connectivity index is 0.00000289. The van der Waals surface area contributed by atoms with Gasteiger partial charge in [-0.3, -0.25) is 14.6 Å². The highest BCUT2D eigenvalue weighted by Crippen LogP contribution is 2.23. The van der Waals surface area contributed by atoms with E-state index in [2.05, 4.69) is 15.0 Å². The average molecular weight is 459 g/mol. The summed E-state index contributed by atoms with van der Waals surface area (Å²) < 4.78 is 32.0. The van der Waals surface area contributed by atoms with Crippen LogP contribution < -0.4 is 16.0 Å². The first kappa shape index (κ1) is 22.8. The second kappa shape index (κ2) is 9.11. The number of hydrogen-bond acceptors (Lipinski definition) is 5. The summed E-state index contributed by atoms with van der Waals surface area (Å²) in [4.78, 5) is 35.5. The molecule has 2 aromatic carbocycles. The number of rotatable bonds is 5. The maximum Gasteiger partial charge on any atom is 0.258 e. The number of nitrogens with one attached hydrogen (secondary N) is 1. The Hall–Kier alpha value is -3.85. The van der Waals surface area contributed by atoms with Gasteiger partial charge in [0, 0.05) is 24.2 Å². The van der Waals surface area contributed by atoms with E-state index in [-0.39, 0.29) is 35.5 Å². The van der Waals surface area contributed by atoms with Crippen molar-refractivity contribution in [3.05, 3.63) is 87.6 Å². The number of aromatic amines is 1. The summed E-state index contributed by atoms with van der Waals surface area (Å²) >= 11 is 0. The van der Waals surface area contributed by atoms with E-state index >= 15 is 0 Å². The molecule has 0 unspecified atom stereocenters. The maximum atomic E-state index is 13.4. The summed E-state index contributed by atoms with van der Waals surface area (Å²) in [6.45, 7) is 0. The largest absolute Gasteiger partial charge is 0.496 e. The number of nitrogens with zero attached hydrogens (tertiary/aromatic N) is 2. The molecule has 32 heavy (non-hydrogen) atoms. The third kappa shape index (κ3) is 4.57. The van der Waals surface area contributed by atoms with Crippen molar-refractivity contribution in [2.24, 2.45) is 5.73 Å². The monoisotopic (exact) mass is 458 g/mol. The van der Waals surface area contributed by atoms with Gasteiger partial charge in [-0.25, -0.2) is 13.8 Å². The number of ether oxygens (including phenoxy) is 1. The zero-order chi connectivity index (χ0) is 22.1. The van der Waals surface area contributed by atoms with Crippen molar-refractivity contribution in [1.82, 2.24) is 15.0 Å². The normalized spacial score (nSPS) is 10.6. The van der Waals surface area contributed by atoms with Crippen LogP contribution in [0.15, 0.2) is 53.5 Å². The van der Waals surface area contributed by atoms with Gasteiger partial charge < -0.3 is 15.5 Å². The van der Waals surface area contributed by atoms with Crippen LogP contribution in [-0.2, 0) is 6.42 Å². The van der Waals surface area contributed by atoms with E-state index in [1.807, 2.05) is 0 Å². The fourth-order valence-electron chi connectivity index (χ4n) is 3.25. The highest BCUT2D eigenvalue weighted by molar-refractivity contribution is 5.99. The second-order valence-corrected chi connectivity index (χ2v) is 6.83. The lowest BCUT2D eigenvalue weighted by Crippen LogP contribution is -2.16. The first-order valence-electron chi connectivity index (χ1n) is 9.16. The number of methoxy groups -OCH3 is 1. The molecule has 10 heteroatoms. The number of halogens is 3. The Morgan fingerprint density at radius 3 is 2.44 bits per heavy atom. The number of pyridine rings is 1. The van der Waals surface area contributed by atoms with Crippen molar-refractivity contribution in [2.45, 2.75) is 6.42 Å². The van der Waals surface area contributed by atoms with Gasteiger partial charge in [0.1, 0.15) is 23.2 Å². The number of H-pyrrole nitrogens is 1. The van der Waals surface area contributed by atoms with E-state index < -0.39 is 23.1 Å². The standard InChI is InChI=1S/C22H16F2N4O3.ClH/c1-31-19-9-15-18(8-16(19)21(25)29)27-20(28-22(15)30)4-11-2-3-17(26-10-11)12-5-13(23)7-14(24)6-12;/h2-3,5-10H,4H2,1H3,(H2,25,29)(H,27,28,30);1H. The second-order valence-electron chi connectivity index (χ2n) is 6.83. The minimum atomic E-state index is -0.698. The molecule has 0 spiro atoms. The van der Waals surface area contributed by atoms with E-state index in [9.17, 15) is 18.4 Å². The number of aromatic nitrogens is 3. The molecule has 0 aliphatic rings. The Labute approximate surface area is 186 Å². The Bertz CT molecular complexity index is 1350. The molecule has 2 heterocycles. The molecule has 2 aromatic heterocycles. The molecule has 4 aromatic rings. The van der Waals surface area contributed by atoms with Crippen LogP contribution in [0.5, 0.6) is 5.75 Å². The van der Waals surface area contributed by atoms with Crippen LogP contribution in [0.2, 0.25) is 0 Å². The number of hydrogen-bond donors (Lipinski definition) is 2. The van der Waals surface area contributed by atoms with Crippen molar-refractivity contribution < 1.29 is 18.3 Å². The first-order valence-corrected chi connectivity index (χ1v) is 9.16. The molecule has 1 amide bonds. The van der Waals surface area contributed by atoms with Crippen LogP contribution in [0.25, 0.3) is 22.2 Å². The topological polar surface area (TPSA) is 111 Å². The minimum Gasteiger partial charge on any atom is -0.496 e. The van der Waals surface area contributed by atoms with Gasteiger partial charge in [-0.05, 0) is 35.9 Å². The number of nitrogens with two attached hydrogens (primary N) is 1. The SMILES string of the molecule is COc1cc2c(=O)[nH]c(Cc3ccc(-c4cc(F)cc(F)c4)nc3)nc2cc1C(N)=O.Cl. The lowest BCUT2D eigenvalue weighted by molar-refractivity contribution is 0.0997. The van der Waals surface area contributed by atoms with Gasteiger partial charge >= 0.3 is 0 Å². The highest BCUT2D eigenvalue weighted by Gasteiger charge is 2.14. The summed E-state index contributed by atoms with van der Waals surface area (Å²) in [7, 11) is 1.37. The first-order chi connectivity index (χ1) is 14.8. The molecule has 0 bridgehead atoms. The Morgan fingerprint density at radius 2 is 1.84 bits per heavy atom. The molecule has 4 rings (SSSR count). The van der Waals surface area contributed by atoms with Crippen LogP contribution in [0, 0.1) is 11.6 Å². The average Bonchev–Trinajstić information content (AvgIpc) is 2.72. The van der Waals surface area contributed by atoms with Gasteiger partial charge in [-0.15, -0.1) is 12.4 Å². The smallest absolute Gasteiger partial charge is 0.258 e. The molecule has 0 aliphatic heterocycles. The van der Waals surface area contributed by atoms with Gasteiger partial charge in [0.15, 0.2) is 0 Å². The van der Waals surface area contributed by atoms with Crippen LogP contribution >= 0.6 is 12.4 Å². The Kier molecular flexibility index (Phi) is 6.50. The van der Waals surface area contributed by atoms with Crippen molar-refractivity contribution in [3.63, 3.8) is 0 Å². The molecule has 164 valence electrons. The number of benzene rings is 2. The zero-order valence-electron chi connectivity index (χ0n) is 16.7. The summed E-state index contributed by atoms with van der Waals surface area (Å²) in [6, 6.07) is 9.35. The lowest BCUT2D eigenvalue weighted by Gasteiger charge is -2.09. The Morgan fingerprint density at radius 1 is 1.12 bits per heavy atom. The summed E-state index contributed by atoms with van der Waals surface area (Å²) in [5.74, 6) is -1.54. The third-order valence-corrected chi connectivity index (χ3v) is 4.70. The molecule has 0 atom stereocenters. The van der Waals surface area contributed by atoms with Crippen LogP contribution in [0.3, 0.4) is 0 Å². The summed E-state index contributed by atoms with van der Waals surface area (Å²) in [5.41, 5.74) is 6.83. The van der Waals surface area contributed by atoms with E-state index in [4.69, 9.17) is 10.5 Å². The molecule has 0 radical (unpaired) electrons. The summed E-state index contributed by atoms with van der Waals surface area (Å²) in [5, 5.41) is 0.257. The van der Waals surface area contributed by atoms with Crippen molar-refractivity contribution in [3.8, 4) is 17.0 Å². The fourth-order valence-corrected chi connectivity index (χ4v) is 3.25. The van der Waals surface area contributed by atoms with E-state index in [0.29, 0.717) is 28.2 Å². The van der Waals surface area contributed by atoms with Crippen LogP contribution in [0.4, 0.5) is 8.78 Å². The van der Waals surface area contributed by atoms with Gasteiger partial charge in [0.25, 0.3) is 11.5 Å². The molecular weight excluding hydrogens is 442 g/mol. The fraction of sp³-hybridized carbons (Fsp3) is 0.0909. The molecule has 0 saturated heterocycles. The van der Waals surface area contributed by atoms with Gasteiger partial charge in [-0.1, -0.05) is 6.07 Å². The number of carbonyl (C=O) groups excluding carboxylic acids is 1. The molecule has 0 saturated carbocycles. The summed E-state index contributed by atoms with van der Waals surface area (Å²) in [6.07, 6.45) is 1.78. The highest BCUT2D eigenvalue weighted by atomic mass is 35.5.